The van der Waals surface area contributed by atoms with Crippen LogP contribution < -0.4 is 10.9 Å². The molecule has 0 saturated heterocycles. The Kier molecular flexibility index (Phi) is 5.55. The zero-order valence-corrected chi connectivity index (χ0v) is 13.6. The monoisotopic (exact) mass is 328 g/mol. The molecule has 1 aromatic heterocycles. The van der Waals surface area contributed by atoms with E-state index in [1.165, 1.54) is 0 Å². The molecule has 23 heavy (non-hydrogen) atoms. The fourth-order valence-electron chi connectivity index (χ4n) is 1.93. The van der Waals surface area contributed by atoms with Crippen molar-refractivity contribution in [1.29, 1.82) is 5.26 Å². The number of hydrogen-bond donors (Lipinski definition) is 2. The van der Waals surface area contributed by atoms with Crippen LogP contribution in [0.25, 0.3) is 11.3 Å². The number of aromatic amines is 1. The molecule has 0 atom stereocenters. The van der Waals surface area contributed by atoms with Gasteiger partial charge in [-0.25, -0.2) is 4.98 Å². The lowest BCUT2D eigenvalue weighted by Crippen LogP contribution is -2.31. The molecular weight excluding hydrogens is 312 g/mol. The Morgan fingerprint density at radius 2 is 2.09 bits per heavy atom. The molecular formula is C16H16N4O2S. The number of aromatic nitrogens is 2. The molecule has 0 spiro atoms. The van der Waals surface area contributed by atoms with Crippen LogP contribution in [0.4, 0.5) is 0 Å². The van der Waals surface area contributed by atoms with Gasteiger partial charge in [0.15, 0.2) is 5.16 Å². The van der Waals surface area contributed by atoms with Gasteiger partial charge in [-0.3, -0.25) is 9.59 Å². The van der Waals surface area contributed by atoms with Gasteiger partial charge in [0, 0.05) is 11.6 Å². The molecule has 0 aliphatic rings. The van der Waals surface area contributed by atoms with Crippen LogP contribution in [0.2, 0.25) is 0 Å². The lowest BCUT2D eigenvalue weighted by Gasteiger charge is -2.08. The van der Waals surface area contributed by atoms with Crippen LogP contribution in [-0.2, 0) is 4.79 Å². The van der Waals surface area contributed by atoms with Gasteiger partial charge in [-0.05, 0) is 13.8 Å². The van der Waals surface area contributed by atoms with Gasteiger partial charge in [-0.15, -0.1) is 0 Å². The fraction of sp³-hybridized carbons (Fsp3) is 0.250. The maximum atomic E-state index is 12.1. The number of hydrogen-bond acceptors (Lipinski definition) is 5. The van der Waals surface area contributed by atoms with E-state index in [2.05, 4.69) is 15.3 Å². The van der Waals surface area contributed by atoms with Crippen LogP contribution in [0.3, 0.4) is 0 Å². The van der Waals surface area contributed by atoms with Crippen molar-refractivity contribution in [1.82, 2.24) is 15.3 Å². The van der Waals surface area contributed by atoms with Crippen molar-refractivity contribution >= 4 is 17.7 Å². The van der Waals surface area contributed by atoms with Gasteiger partial charge in [0.2, 0.25) is 5.91 Å². The van der Waals surface area contributed by atoms with Crippen molar-refractivity contribution in [3.8, 4) is 17.3 Å². The summed E-state index contributed by atoms with van der Waals surface area (Å²) in [4.78, 5) is 30.6. The van der Waals surface area contributed by atoms with Crippen LogP contribution in [0, 0.1) is 11.3 Å². The SMILES string of the molecule is CC(C)NC(=O)CSc1nc(-c2ccccc2)c(C#N)c(=O)[nH]1. The Morgan fingerprint density at radius 3 is 2.70 bits per heavy atom. The highest BCUT2D eigenvalue weighted by Gasteiger charge is 2.14. The summed E-state index contributed by atoms with van der Waals surface area (Å²) in [5, 5.41) is 12.3. The van der Waals surface area contributed by atoms with E-state index in [0.717, 1.165) is 11.8 Å². The van der Waals surface area contributed by atoms with E-state index in [1.807, 2.05) is 38.1 Å². The molecule has 118 valence electrons. The normalized spacial score (nSPS) is 10.3. The Morgan fingerprint density at radius 1 is 1.39 bits per heavy atom. The fourth-order valence-corrected chi connectivity index (χ4v) is 2.60. The second kappa shape index (κ2) is 7.61. The standard InChI is InChI=1S/C16H16N4O2S/c1-10(2)18-13(21)9-23-16-19-14(11-6-4-3-5-7-11)12(8-17)15(22)20-16/h3-7,10H,9H2,1-2H3,(H,18,21)(H,19,20,22). The second-order valence-electron chi connectivity index (χ2n) is 5.08. The minimum atomic E-state index is -0.506. The van der Waals surface area contributed by atoms with Crippen molar-refractivity contribution in [3.05, 3.63) is 46.2 Å². The summed E-state index contributed by atoms with van der Waals surface area (Å²) >= 11 is 1.12. The molecule has 0 radical (unpaired) electrons. The molecule has 1 amide bonds. The minimum absolute atomic E-state index is 0.0350. The largest absolute Gasteiger partial charge is 0.353 e. The number of nitrogens with one attached hydrogen (secondary N) is 2. The highest BCUT2D eigenvalue weighted by atomic mass is 32.2. The molecule has 2 rings (SSSR count). The van der Waals surface area contributed by atoms with Crippen LogP contribution in [-0.4, -0.2) is 27.7 Å². The molecule has 0 saturated carbocycles. The third-order valence-electron chi connectivity index (χ3n) is 2.85. The van der Waals surface area contributed by atoms with Crippen molar-refractivity contribution in [2.24, 2.45) is 0 Å². The molecule has 0 fully saturated rings. The van der Waals surface area contributed by atoms with E-state index >= 15 is 0 Å². The van der Waals surface area contributed by atoms with Crippen molar-refractivity contribution in [2.75, 3.05) is 5.75 Å². The van der Waals surface area contributed by atoms with Crippen LogP contribution in [0.5, 0.6) is 0 Å². The highest BCUT2D eigenvalue weighted by molar-refractivity contribution is 7.99. The van der Waals surface area contributed by atoms with E-state index in [4.69, 9.17) is 0 Å². The predicted octanol–water partition coefficient (Wildman–Crippen LogP) is 1.93. The lowest BCUT2D eigenvalue weighted by molar-refractivity contribution is -0.119. The molecule has 0 aliphatic carbocycles. The molecule has 0 bridgehead atoms. The Hall–Kier alpha value is -2.59. The van der Waals surface area contributed by atoms with Crippen LogP contribution >= 0.6 is 11.8 Å². The number of H-pyrrole nitrogens is 1. The topological polar surface area (TPSA) is 98.6 Å². The van der Waals surface area contributed by atoms with Gasteiger partial charge in [0.25, 0.3) is 5.56 Å². The average Bonchev–Trinajstić information content (AvgIpc) is 2.52. The van der Waals surface area contributed by atoms with Gasteiger partial charge in [0.05, 0.1) is 11.4 Å². The number of carbonyl (C=O) groups is 1. The molecule has 2 aromatic rings. The minimum Gasteiger partial charge on any atom is -0.353 e. The zero-order chi connectivity index (χ0) is 16.8. The van der Waals surface area contributed by atoms with Crippen LogP contribution in [0.1, 0.15) is 19.4 Å². The quantitative estimate of drug-likeness (QED) is 0.645. The second-order valence-corrected chi connectivity index (χ2v) is 6.05. The number of thioether (sulfide) groups is 1. The van der Waals surface area contributed by atoms with Crippen molar-refractivity contribution in [3.63, 3.8) is 0 Å². The Labute approximate surface area is 138 Å². The van der Waals surface area contributed by atoms with E-state index in [0.29, 0.717) is 16.4 Å². The maximum absolute atomic E-state index is 12.1. The van der Waals surface area contributed by atoms with E-state index < -0.39 is 5.56 Å². The van der Waals surface area contributed by atoms with Gasteiger partial charge < -0.3 is 10.3 Å². The summed E-state index contributed by atoms with van der Waals surface area (Å²) < 4.78 is 0. The highest BCUT2D eigenvalue weighted by Crippen LogP contribution is 2.21. The molecule has 1 aromatic carbocycles. The predicted molar refractivity (Wildman–Crippen MR) is 89.0 cm³/mol. The first-order chi connectivity index (χ1) is 11.0. The summed E-state index contributed by atoms with van der Waals surface area (Å²) in [7, 11) is 0. The zero-order valence-electron chi connectivity index (χ0n) is 12.8. The first kappa shape index (κ1) is 16.8. The van der Waals surface area contributed by atoms with E-state index in [9.17, 15) is 14.9 Å². The number of nitrogens with zero attached hydrogens (tertiary/aromatic N) is 2. The van der Waals surface area contributed by atoms with Gasteiger partial charge >= 0.3 is 0 Å². The van der Waals surface area contributed by atoms with E-state index in [1.54, 1.807) is 12.1 Å². The molecule has 0 aliphatic heterocycles. The average molecular weight is 328 g/mol. The van der Waals surface area contributed by atoms with Gasteiger partial charge in [-0.2, -0.15) is 5.26 Å². The summed E-state index contributed by atoms with van der Waals surface area (Å²) in [6.07, 6.45) is 0. The van der Waals surface area contributed by atoms with Gasteiger partial charge in [0.1, 0.15) is 11.6 Å². The number of rotatable bonds is 5. The van der Waals surface area contributed by atoms with Crippen molar-refractivity contribution in [2.45, 2.75) is 25.0 Å². The first-order valence-corrected chi connectivity index (χ1v) is 8.02. The number of amides is 1. The number of carbonyl (C=O) groups excluding carboxylic acids is 1. The Bertz CT molecular complexity index is 794. The molecule has 7 heteroatoms. The van der Waals surface area contributed by atoms with Crippen molar-refractivity contribution < 1.29 is 4.79 Å². The van der Waals surface area contributed by atoms with Crippen LogP contribution in [0.15, 0.2) is 40.3 Å². The summed E-state index contributed by atoms with van der Waals surface area (Å²) in [6, 6.07) is 11.0. The summed E-state index contributed by atoms with van der Waals surface area (Å²) in [5.41, 5.74) is 0.465. The third-order valence-corrected chi connectivity index (χ3v) is 3.72. The molecule has 0 unspecified atom stereocenters. The number of benzene rings is 1. The Balaban J connectivity index is 2.30. The first-order valence-electron chi connectivity index (χ1n) is 7.03. The molecule has 6 nitrogen and oxygen atoms in total. The lowest BCUT2D eigenvalue weighted by atomic mass is 10.1. The molecule has 1 heterocycles. The molecule has 2 N–H and O–H groups in total. The maximum Gasteiger partial charge on any atom is 0.270 e. The smallest absolute Gasteiger partial charge is 0.270 e. The third kappa shape index (κ3) is 4.44. The number of nitriles is 1. The summed E-state index contributed by atoms with van der Waals surface area (Å²) in [5.74, 6) is -0.000362. The van der Waals surface area contributed by atoms with E-state index in [-0.39, 0.29) is 23.3 Å². The van der Waals surface area contributed by atoms with Gasteiger partial charge in [-0.1, -0.05) is 42.1 Å². The summed E-state index contributed by atoms with van der Waals surface area (Å²) in [6.45, 7) is 3.75.